The number of primary amides is 1. The summed E-state index contributed by atoms with van der Waals surface area (Å²) in [7, 11) is 0. The van der Waals surface area contributed by atoms with E-state index in [1.54, 1.807) is 0 Å². The van der Waals surface area contributed by atoms with Crippen molar-refractivity contribution in [3.63, 3.8) is 0 Å². The summed E-state index contributed by atoms with van der Waals surface area (Å²) in [6.07, 6.45) is 8.42. The van der Waals surface area contributed by atoms with Gasteiger partial charge in [0.2, 0.25) is 0 Å². The summed E-state index contributed by atoms with van der Waals surface area (Å²) in [6.45, 7) is 9.60. The van der Waals surface area contributed by atoms with E-state index in [0.29, 0.717) is 5.70 Å². The largest absolute Gasteiger partial charge is 0.396 e. The molecule has 2 aliphatic rings. The van der Waals surface area contributed by atoms with Crippen LogP contribution in [-0.2, 0) is 4.79 Å². The molecule has 1 heterocycles. The van der Waals surface area contributed by atoms with Crippen molar-refractivity contribution in [3.05, 3.63) is 11.9 Å². The van der Waals surface area contributed by atoms with Gasteiger partial charge in [-0.1, -0.05) is 26.2 Å². The lowest BCUT2D eigenvalue weighted by atomic mass is 9.66. The summed E-state index contributed by atoms with van der Waals surface area (Å²) < 4.78 is 0. The molecule has 2 rings (SSSR count). The van der Waals surface area contributed by atoms with Gasteiger partial charge in [-0.3, -0.25) is 4.79 Å². The van der Waals surface area contributed by atoms with E-state index < -0.39 is 0 Å². The third kappa shape index (κ3) is 3.35. The quantitative estimate of drug-likeness (QED) is 0.706. The lowest BCUT2D eigenvalue weighted by molar-refractivity contribution is -0.120. The van der Waals surface area contributed by atoms with Gasteiger partial charge >= 0.3 is 0 Å². The first-order valence-electron chi connectivity index (χ1n) is 8.94. The number of aliphatic hydroxyl groups is 1. The summed E-state index contributed by atoms with van der Waals surface area (Å²) in [5, 5.41) is 10.1. The van der Waals surface area contributed by atoms with E-state index in [2.05, 4.69) is 37.5 Å². The van der Waals surface area contributed by atoms with Crippen LogP contribution in [0, 0.1) is 5.41 Å². The highest BCUT2D eigenvalue weighted by Crippen LogP contribution is 2.50. The Hall–Kier alpha value is -1.23. The maximum Gasteiger partial charge on any atom is 0.266 e. The molecule has 1 unspecified atom stereocenters. The molecular weight excluding hydrogens is 290 g/mol. The summed E-state index contributed by atoms with van der Waals surface area (Å²) >= 11 is 0. The number of aliphatic hydroxyl groups excluding tert-OH is 1. The van der Waals surface area contributed by atoms with Crippen molar-refractivity contribution in [2.45, 2.75) is 77.9 Å². The minimum atomic E-state index is -0.370. The molecule has 0 bridgehead atoms. The van der Waals surface area contributed by atoms with Crippen LogP contribution < -0.4 is 5.73 Å². The second-order valence-electron chi connectivity index (χ2n) is 8.10. The van der Waals surface area contributed by atoms with Gasteiger partial charge in [-0.05, 0) is 40.0 Å². The molecule has 1 atom stereocenters. The SMILES string of the molecule is CCCCCN1C(C(N)=O)=CN(C(C)(C)C)C1C1(CO)CCC1. The number of rotatable bonds is 7. The van der Waals surface area contributed by atoms with Crippen LogP contribution in [0.4, 0.5) is 0 Å². The van der Waals surface area contributed by atoms with Gasteiger partial charge < -0.3 is 20.6 Å². The van der Waals surface area contributed by atoms with Crippen LogP contribution in [0.1, 0.15) is 66.2 Å². The van der Waals surface area contributed by atoms with E-state index in [1.165, 1.54) is 0 Å². The lowest BCUT2D eigenvalue weighted by Gasteiger charge is -2.54. The molecule has 3 N–H and O–H groups in total. The fourth-order valence-corrected chi connectivity index (χ4v) is 3.85. The zero-order valence-corrected chi connectivity index (χ0v) is 15.1. The minimum absolute atomic E-state index is 0.0283. The molecule has 1 amide bonds. The Morgan fingerprint density at radius 1 is 1.39 bits per heavy atom. The summed E-state index contributed by atoms with van der Waals surface area (Å²) in [5.41, 5.74) is 6.00. The molecule has 0 radical (unpaired) electrons. The maximum atomic E-state index is 12.0. The molecule has 1 saturated carbocycles. The van der Waals surface area contributed by atoms with Gasteiger partial charge in [0.1, 0.15) is 11.9 Å². The van der Waals surface area contributed by atoms with E-state index in [1.807, 2.05) is 6.20 Å². The highest BCUT2D eigenvalue weighted by Gasteiger charge is 2.53. The monoisotopic (exact) mass is 323 g/mol. The van der Waals surface area contributed by atoms with Crippen molar-refractivity contribution in [3.8, 4) is 0 Å². The normalized spacial score (nSPS) is 23.7. The Morgan fingerprint density at radius 3 is 2.43 bits per heavy atom. The van der Waals surface area contributed by atoms with Gasteiger partial charge in [0.15, 0.2) is 0 Å². The molecule has 0 aromatic carbocycles. The Kier molecular flexibility index (Phi) is 5.29. The molecule has 1 aliphatic heterocycles. The van der Waals surface area contributed by atoms with E-state index in [9.17, 15) is 9.90 Å². The molecule has 5 heteroatoms. The number of amides is 1. The number of nitrogens with zero attached hydrogens (tertiary/aromatic N) is 2. The van der Waals surface area contributed by atoms with Gasteiger partial charge in [-0.2, -0.15) is 0 Å². The van der Waals surface area contributed by atoms with Gasteiger partial charge in [-0.25, -0.2) is 0 Å². The first-order valence-corrected chi connectivity index (χ1v) is 8.94. The Bertz CT molecular complexity index is 458. The highest BCUT2D eigenvalue weighted by molar-refractivity contribution is 5.91. The van der Waals surface area contributed by atoms with Crippen molar-refractivity contribution in [1.29, 1.82) is 0 Å². The average molecular weight is 323 g/mol. The minimum Gasteiger partial charge on any atom is -0.396 e. The van der Waals surface area contributed by atoms with Crippen LogP contribution >= 0.6 is 0 Å². The van der Waals surface area contributed by atoms with Crippen molar-refractivity contribution >= 4 is 5.91 Å². The van der Waals surface area contributed by atoms with E-state index in [4.69, 9.17) is 5.73 Å². The van der Waals surface area contributed by atoms with Crippen molar-refractivity contribution in [2.24, 2.45) is 11.1 Å². The van der Waals surface area contributed by atoms with Crippen LogP contribution in [-0.4, -0.2) is 45.7 Å². The van der Waals surface area contributed by atoms with Gasteiger partial charge in [0, 0.05) is 23.7 Å². The van der Waals surface area contributed by atoms with Crippen LogP contribution in [0.2, 0.25) is 0 Å². The molecule has 132 valence electrons. The predicted molar refractivity (Wildman–Crippen MR) is 92.3 cm³/mol. The van der Waals surface area contributed by atoms with Crippen LogP contribution in [0.3, 0.4) is 0 Å². The molecular formula is C18H33N3O2. The first kappa shape index (κ1) is 18.1. The standard InChI is InChI=1S/C18H33N3O2/c1-5-6-7-11-20-14(15(19)23)12-21(17(2,3)4)16(20)18(13-22)9-8-10-18/h12,16,22H,5-11,13H2,1-4H3,(H2,19,23). The lowest BCUT2D eigenvalue weighted by Crippen LogP contribution is -2.61. The van der Waals surface area contributed by atoms with E-state index in [0.717, 1.165) is 45.1 Å². The zero-order valence-electron chi connectivity index (χ0n) is 15.1. The smallest absolute Gasteiger partial charge is 0.266 e. The fraction of sp³-hybridized carbons (Fsp3) is 0.833. The number of carbonyl (C=O) groups is 1. The maximum absolute atomic E-state index is 12.0. The Labute approximate surface area is 140 Å². The number of hydrogen-bond donors (Lipinski definition) is 2. The highest BCUT2D eigenvalue weighted by atomic mass is 16.3. The van der Waals surface area contributed by atoms with Crippen LogP contribution in [0.5, 0.6) is 0 Å². The number of unbranched alkanes of at least 4 members (excludes halogenated alkanes) is 2. The first-order chi connectivity index (χ1) is 10.8. The second-order valence-corrected chi connectivity index (χ2v) is 8.10. The third-order valence-corrected chi connectivity index (χ3v) is 5.37. The Balaban J connectivity index is 2.36. The molecule has 0 aromatic heterocycles. The van der Waals surface area contributed by atoms with Gasteiger partial charge in [0.05, 0.1) is 6.61 Å². The molecule has 0 saturated heterocycles. The third-order valence-electron chi connectivity index (χ3n) is 5.37. The van der Waals surface area contributed by atoms with Crippen LogP contribution in [0.25, 0.3) is 0 Å². The Morgan fingerprint density at radius 2 is 2.04 bits per heavy atom. The number of carbonyl (C=O) groups excluding carboxylic acids is 1. The fourth-order valence-electron chi connectivity index (χ4n) is 3.85. The van der Waals surface area contributed by atoms with Gasteiger partial charge in [0.25, 0.3) is 5.91 Å². The number of hydrogen-bond acceptors (Lipinski definition) is 4. The van der Waals surface area contributed by atoms with Crippen molar-refractivity contribution in [1.82, 2.24) is 9.80 Å². The van der Waals surface area contributed by atoms with E-state index >= 15 is 0 Å². The number of nitrogens with two attached hydrogens (primary N) is 1. The summed E-state index contributed by atoms with van der Waals surface area (Å²) in [6, 6.07) is 0. The van der Waals surface area contributed by atoms with E-state index in [-0.39, 0.29) is 29.6 Å². The summed E-state index contributed by atoms with van der Waals surface area (Å²) in [5.74, 6) is -0.370. The van der Waals surface area contributed by atoms with Crippen molar-refractivity contribution < 1.29 is 9.90 Å². The topological polar surface area (TPSA) is 69.8 Å². The average Bonchev–Trinajstić information content (AvgIpc) is 2.79. The summed E-state index contributed by atoms with van der Waals surface area (Å²) in [4.78, 5) is 16.4. The molecule has 23 heavy (non-hydrogen) atoms. The second kappa shape index (κ2) is 6.71. The molecule has 1 fully saturated rings. The van der Waals surface area contributed by atoms with Crippen LogP contribution in [0.15, 0.2) is 11.9 Å². The van der Waals surface area contributed by atoms with Gasteiger partial charge in [-0.15, -0.1) is 0 Å². The molecule has 0 spiro atoms. The molecule has 1 aliphatic carbocycles. The predicted octanol–water partition coefficient (Wildman–Crippen LogP) is 2.41. The molecule has 0 aromatic rings. The zero-order chi connectivity index (χ0) is 17.3. The molecule has 5 nitrogen and oxygen atoms in total. The van der Waals surface area contributed by atoms with Crippen molar-refractivity contribution in [2.75, 3.05) is 13.2 Å².